The minimum atomic E-state index is -0.358. The third-order valence-electron chi connectivity index (χ3n) is 5.81. The third kappa shape index (κ3) is 2.83. The lowest BCUT2D eigenvalue weighted by Crippen LogP contribution is -2.63. The highest BCUT2D eigenvalue weighted by atomic mass is 35.5. The maximum absolute atomic E-state index is 6.61. The molecule has 0 saturated carbocycles. The van der Waals surface area contributed by atoms with E-state index >= 15 is 0 Å². The van der Waals surface area contributed by atoms with Crippen molar-refractivity contribution in [2.45, 2.75) is 24.6 Å². The van der Waals surface area contributed by atoms with E-state index in [4.69, 9.17) is 27.9 Å². The van der Waals surface area contributed by atoms with Crippen LogP contribution in [0.5, 0.6) is 5.75 Å². The summed E-state index contributed by atoms with van der Waals surface area (Å²) in [6.07, 6.45) is 4.13. The number of ether oxygens (including phenoxy) is 1. The molecular formula is C21H21Cl2N3O. The molecule has 1 N–H and O–H groups in total. The second-order valence-electron chi connectivity index (χ2n) is 7.52. The molecule has 1 atom stereocenters. The van der Waals surface area contributed by atoms with Gasteiger partial charge in [-0.3, -0.25) is 0 Å². The smallest absolute Gasteiger partial charge is 0.182 e. The zero-order chi connectivity index (χ0) is 18.6. The number of benzene rings is 2. The van der Waals surface area contributed by atoms with Crippen molar-refractivity contribution in [1.82, 2.24) is 15.3 Å². The van der Waals surface area contributed by atoms with Gasteiger partial charge in [-0.15, -0.1) is 0 Å². The van der Waals surface area contributed by atoms with Gasteiger partial charge >= 0.3 is 0 Å². The maximum Gasteiger partial charge on any atom is 0.182 e. The number of nitrogens with one attached hydrogen (secondary N) is 1. The Bertz CT molecular complexity index is 921. The summed E-state index contributed by atoms with van der Waals surface area (Å²) in [5.74, 6) is 0.977. The van der Waals surface area contributed by atoms with Crippen molar-refractivity contribution in [1.29, 1.82) is 0 Å². The van der Waals surface area contributed by atoms with Crippen LogP contribution in [0.4, 0.5) is 0 Å². The first-order valence-corrected chi connectivity index (χ1v) is 10.0. The van der Waals surface area contributed by atoms with E-state index < -0.39 is 0 Å². The van der Waals surface area contributed by atoms with Gasteiger partial charge in [0.15, 0.2) is 5.72 Å². The Kier molecular flexibility index (Phi) is 4.13. The van der Waals surface area contributed by atoms with Gasteiger partial charge in [0, 0.05) is 42.1 Å². The molecular weight excluding hydrogens is 381 g/mol. The average Bonchev–Trinajstić information content (AvgIpc) is 3.11. The molecule has 0 unspecified atom stereocenters. The van der Waals surface area contributed by atoms with E-state index in [-0.39, 0.29) is 11.8 Å². The van der Waals surface area contributed by atoms with Crippen molar-refractivity contribution in [3.05, 3.63) is 69.7 Å². The van der Waals surface area contributed by atoms with Crippen LogP contribution in [-0.2, 0) is 0 Å². The van der Waals surface area contributed by atoms with Gasteiger partial charge in [-0.2, -0.15) is 5.01 Å². The molecule has 0 aromatic heterocycles. The Hall–Kier alpha value is -1.72. The van der Waals surface area contributed by atoms with Gasteiger partial charge in [0.25, 0.3) is 0 Å². The number of fused-ring (bicyclic) bond motifs is 4. The summed E-state index contributed by atoms with van der Waals surface area (Å²) in [5, 5.41) is 3.57. The topological polar surface area (TPSA) is 27.7 Å². The number of halogens is 2. The second kappa shape index (κ2) is 6.42. The summed E-state index contributed by atoms with van der Waals surface area (Å²) < 4.78 is 6.61. The molecule has 3 aliphatic rings. The number of rotatable bonds is 1. The van der Waals surface area contributed by atoms with Crippen LogP contribution >= 0.6 is 23.2 Å². The lowest BCUT2D eigenvalue weighted by atomic mass is 9.93. The molecule has 4 nitrogen and oxygen atoms in total. The standard InChI is InChI=1S/C21H21Cl2N3O/c1-25-10-8-21(9-11-25)26-19(16-4-2-3-5-20(16)27-21)13-18(24-26)15-7-6-14(22)12-17(15)23/h2-7,12-13,19,24H,8-11H2,1H3/t19-/m1/s1. The van der Waals surface area contributed by atoms with Crippen molar-refractivity contribution in [2.24, 2.45) is 0 Å². The van der Waals surface area contributed by atoms with Crippen molar-refractivity contribution >= 4 is 28.9 Å². The Labute approximate surface area is 169 Å². The van der Waals surface area contributed by atoms with E-state index in [1.165, 1.54) is 5.56 Å². The van der Waals surface area contributed by atoms with Gasteiger partial charge < -0.3 is 15.1 Å². The first kappa shape index (κ1) is 17.4. The van der Waals surface area contributed by atoms with Gasteiger partial charge in [0.1, 0.15) is 5.75 Å². The quantitative estimate of drug-likeness (QED) is 0.748. The SMILES string of the molecule is CN1CCC2(CC1)Oc1ccccc1[C@H]1C=C(c3ccc(Cl)cc3Cl)NN12. The number of para-hydroxylation sites is 1. The molecule has 0 amide bonds. The number of nitrogens with zero attached hydrogens (tertiary/aromatic N) is 2. The molecule has 0 aliphatic carbocycles. The minimum absolute atomic E-state index is 0.111. The molecule has 140 valence electrons. The zero-order valence-corrected chi connectivity index (χ0v) is 16.6. The summed E-state index contributed by atoms with van der Waals surface area (Å²) in [6, 6.07) is 14.1. The van der Waals surface area contributed by atoms with E-state index in [1.54, 1.807) is 6.07 Å². The zero-order valence-electron chi connectivity index (χ0n) is 15.1. The average molecular weight is 402 g/mol. The Balaban J connectivity index is 1.58. The molecule has 5 rings (SSSR count). The predicted molar refractivity (Wildman–Crippen MR) is 109 cm³/mol. The van der Waals surface area contributed by atoms with E-state index in [9.17, 15) is 0 Å². The fourth-order valence-electron chi connectivity index (χ4n) is 4.29. The largest absolute Gasteiger partial charge is 0.470 e. The molecule has 3 heterocycles. The molecule has 2 aromatic carbocycles. The number of likely N-dealkylation sites (tertiary alicyclic amines) is 1. The summed E-state index contributed by atoms with van der Waals surface area (Å²) in [4.78, 5) is 2.35. The Morgan fingerprint density at radius 2 is 1.89 bits per heavy atom. The van der Waals surface area contributed by atoms with Crippen molar-refractivity contribution in [3.8, 4) is 5.75 Å². The molecule has 0 radical (unpaired) electrons. The third-order valence-corrected chi connectivity index (χ3v) is 6.36. The van der Waals surface area contributed by atoms with E-state index in [0.717, 1.165) is 42.9 Å². The molecule has 1 saturated heterocycles. The summed E-state index contributed by atoms with van der Waals surface area (Å²) in [7, 11) is 2.16. The fraction of sp³-hybridized carbons (Fsp3) is 0.333. The van der Waals surface area contributed by atoms with Crippen LogP contribution in [0.15, 0.2) is 48.5 Å². The maximum atomic E-state index is 6.61. The molecule has 1 fully saturated rings. The fourth-order valence-corrected chi connectivity index (χ4v) is 4.80. The Morgan fingerprint density at radius 1 is 1.11 bits per heavy atom. The molecule has 1 spiro atoms. The Morgan fingerprint density at radius 3 is 2.67 bits per heavy atom. The summed E-state index contributed by atoms with van der Waals surface area (Å²) in [6.45, 7) is 2.01. The second-order valence-corrected chi connectivity index (χ2v) is 8.36. The van der Waals surface area contributed by atoms with Gasteiger partial charge in [-0.1, -0.05) is 41.4 Å². The summed E-state index contributed by atoms with van der Waals surface area (Å²) in [5.41, 5.74) is 6.38. The van der Waals surface area contributed by atoms with Gasteiger partial charge in [-0.25, -0.2) is 0 Å². The van der Waals surface area contributed by atoms with Gasteiger partial charge in [0.05, 0.1) is 16.8 Å². The lowest BCUT2D eigenvalue weighted by molar-refractivity contribution is -0.157. The van der Waals surface area contributed by atoms with E-state index in [2.05, 4.69) is 46.7 Å². The van der Waals surface area contributed by atoms with Crippen LogP contribution in [0.1, 0.15) is 30.0 Å². The lowest BCUT2D eigenvalue weighted by Gasteiger charge is -2.51. The van der Waals surface area contributed by atoms with Crippen molar-refractivity contribution in [2.75, 3.05) is 20.1 Å². The number of hydrazine groups is 1. The van der Waals surface area contributed by atoms with Crippen molar-refractivity contribution in [3.63, 3.8) is 0 Å². The van der Waals surface area contributed by atoms with E-state index in [1.807, 2.05) is 18.2 Å². The molecule has 6 heteroatoms. The van der Waals surface area contributed by atoms with Gasteiger partial charge in [-0.05, 0) is 37.4 Å². The highest BCUT2D eigenvalue weighted by molar-refractivity contribution is 6.35. The molecule has 3 aliphatic heterocycles. The van der Waals surface area contributed by atoms with Crippen LogP contribution in [0.3, 0.4) is 0 Å². The van der Waals surface area contributed by atoms with Crippen LogP contribution in [0, 0.1) is 0 Å². The van der Waals surface area contributed by atoms with Crippen molar-refractivity contribution < 1.29 is 4.74 Å². The normalized spacial score (nSPS) is 24.0. The highest BCUT2D eigenvalue weighted by Gasteiger charge is 2.51. The van der Waals surface area contributed by atoms with Crippen LogP contribution < -0.4 is 10.2 Å². The monoisotopic (exact) mass is 401 g/mol. The van der Waals surface area contributed by atoms with Crippen LogP contribution in [0.2, 0.25) is 10.0 Å². The number of hydrogen-bond acceptors (Lipinski definition) is 4. The van der Waals surface area contributed by atoms with Crippen LogP contribution in [0.25, 0.3) is 5.70 Å². The minimum Gasteiger partial charge on any atom is -0.470 e. The molecule has 27 heavy (non-hydrogen) atoms. The number of piperidine rings is 1. The predicted octanol–water partition coefficient (Wildman–Crippen LogP) is 4.71. The van der Waals surface area contributed by atoms with Crippen LogP contribution in [-0.4, -0.2) is 35.8 Å². The summed E-state index contributed by atoms with van der Waals surface area (Å²) >= 11 is 12.6. The molecule has 2 aromatic rings. The van der Waals surface area contributed by atoms with E-state index in [0.29, 0.717) is 10.0 Å². The highest BCUT2D eigenvalue weighted by Crippen LogP contribution is 2.48. The first-order chi connectivity index (χ1) is 13.1. The number of hydrogen-bond donors (Lipinski definition) is 1. The van der Waals surface area contributed by atoms with Gasteiger partial charge in [0.2, 0.25) is 0 Å². The molecule has 0 bridgehead atoms. The first-order valence-electron chi connectivity index (χ1n) is 9.25.